The summed E-state index contributed by atoms with van der Waals surface area (Å²) in [4.78, 5) is 6.36. The summed E-state index contributed by atoms with van der Waals surface area (Å²) in [7, 11) is 0. The Bertz CT molecular complexity index is 683. The van der Waals surface area contributed by atoms with Gasteiger partial charge < -0.3 is 9.63 Å². The smallest absolute Gasteiger partial charge is 0.393 e. The summed E-state index contributed by atoms with van der Waals surface area (Å²) in [6, 6.07) is 4.66. The number of aliphatic hydroxyl groups excluding tert-OH is 1. The second-order valence-electron chi connectivity index (χ2n) is 6.11. The molecule has 0 amide bonds. The molecule has 2 heterocycles. The molecule has 130 valence electrons. The highest BCUT2D eigenvalue weighted by molar-refractivity contribution is 5.54. The van der Waals surface area contributed by atoms with Gasteiger partial charge in [-0.2, -0.15) is 18.2 Å². The molecule has 1 aliphatic rings. The minimum Gasteiger partial charge on any atom is -0.393 e. The zero-order valence-corrected chi connectivity index (χ0v) is 13.1. The van der Waals surface area contributed by atoms with Gasteiger partial charge in [-0.3, -0.25) is 4.90 Å². The van der Waals surface area contributed by atoms with Crippen LogP contribution >= 0.6 is 0 Å². The van der Waals surface area contributed by atoms with Gasteiger partial charge in [-0.1, -0.05) is 17.3 Å². The molecule has 1 N–H and O–H groups in total. The normalized spacial score (nSPS) is 20.5. The molecule has 2 aromatic rings. The number of hydrogen-bond acceptors (Lipinski definition) is 5. The van der Waals surface area contributed by atoms with E-state index in [1.165, 1.54) is 12.1 Å². The number of benzene rings is 1. The van der Waals surface area contributed by atoms with E-state index in [1.54, 1.807) is 6.92 Å². The quantitative estimate of drug-likeness (QED) is 0.926. The highest BCUT2D eigenvalue weighted by atomic mass is 19.4. The van der Waals surface area contributed by atoms with Gasteiger partial charge in [0.05, 0.1) is 18.2 Å². The number of aliphatic hydroxyl groups is 1. The van der Waals surface area contributed by atoms with Crippen LogP contribution in [0.5, 0.6) is 0 Å². The molecule has 0 spiro atoms. The van der Waals surface area contributed by atoms with Gasteiger partial charge >= 0.3 is 6.18 Å². The summed E-state index contributed by atoms with van der Waals surface area (Å²) in [5, 5.41) is 13.4. The second kappa shape index (κ2) is 6.52. The van der Waals surface area contributed by atoms with E-state index in [1.807, 2.05) is 0 Å². The highest BCUT2D eigenvalue weighted by Crippen LogP contribution is 2.30. The number of likely N-dealkylation sites (tertiary alicyclic amines) is 1. The van der Waals surface area contributed by atoms with E-state index in [-0.39, 0.29) is 17.8 Å². The molecule has 1 fully saturated rings. The van der Waals surface area contributed by atoms with Crippen LogP contribution in [-0.2, 0) is 12.7 Å². The average Bonchev–Trinajstić information content (AvgIpc) is 3.16. The SMILES string of the molecule is CC(O)C1CCN(Cc2nc(-c3ccc(C(F)(F)F)cc3)no2)C1. The fourth-order valence-corrected chi connectivity index (χ4v) is 2.84. The Kier molecular flexibility index (Phi) is 4.60. The van der Waals surface area contributed by atoms with Crippen LogP contribution in [0.2, 0.25) is 0 Å². The van der Waals surface area contributed by atoms with Crippen LogP contribution in [-0.4, -0.2) is 39.3 Å². The first-order valence-electron chi connectivity index (χ1n) is 7.73. The second-order valence-corrected chi connectivity index (χ2v) is 6.11. The van der Waals surface area contributed by atoms with Gasteiger partial charge in [-0.25, -0.2) is 0 Å². The summed E-state index contributed by atoms with van der Waals surface area (Å²) >= 11 is 0. The number of nitrogens with zero attached hydrogens (tertiary/aromatic N) is 3. The van der Waals surface area contributed by atoms with Gasteiger partial charge in [0.25, 0.3) is 0 Å². The van der Waals surface area contributed by atoms with Crippen molar-refractivity contribution in [1.82, 2.24) is 15.0 Å². The Morgan fingerprint density at radius 1 is 1.33 bits per heavy atom. The summed E-state index contributed by atoms with van der Waals surface area (Å²) in [5.74, 6) is 0.920. The van der Waals surface area contributed by atoms with Crippen molar-refractivity contribution in [3.8, 4) is 11.4 Å². The fraction of sp³-hybridized carbons (Fsp3) is 0.500. The zero-order valence-electron chi connectivity index (χ0n) is 13.1. The summed E-state index contributed by atoms with van der Waals surface area (Å²) in [6.45, 7) is 3.85. The molecule has 1 saturated heterocycles. The van der Waals surface area contributed by atoms with E-state index in [0.29, 0.717) is 18.0 Å². The molecular weight excluding hydrogens is 323 g/mol. The van der Waals surface area contributed by atoms with Crippen molar-refractivity contribution >= 4 is 0 Å². The number of aromatic nitrogens is 2. The van der Waals surface area contributed by atoms with E-state index >= 15 is 0 Å². The molecule has 0 radical (unpaired) electrons. The Balaban J connectivity index is 1.65. The maximum absolute atomic E-state index is 12.6. The van der Waals surface area contributed by atoms with Crippen molar-refractivity contribution in [2.75, 3.05) is 13.1 Å². The van der Waals surface area contributed by atoms with Crippen molar-refractivity contribution in [3.63, 3.8) is 0 Å². The third-order valence-corrected chi connectivity index (χ3v) is 4.29. The predicted molar refractivity (Wildman–Crippen MR) is 79.8 cm³/mol. The lowest BCUT2D eigenvalue weighted by molar-refractivity contribution is -0.137. The average molecular weight is 341 g/mol. The molecular formula is C16H18F3N3O2. The molecule has 1 aromatic carbocycles. The van der Waals surface area contributed by atoms with Crippen LogP contribution in [0.25, 0.3) is 11.4 Å². The largest absolute Gasteiger partial charge is 0.416 e. The summed E-state index contributed by atoms with van der Waals surface area (Å²) in [6.07, 6.45) is -3.80. The minimum absolute atomic E-state index is 0.238. The molecule has 8 heteroatoms. The monoisotopic (exact) mass is 341 g/mol. The van der Waals surface area contributed by atoms with Crippen molar-refractivity contribution < 1.29 is 22.8 Å². The molecule has 0 bridgehead atoms. The lowest BCUT2D eigenvalue weighted by Gasteiger charge is -2.15. The molecule has 0 aliphatic carbocycles. The van der Waals surface area contributed by atoms with Crippen molar-refractivity contribution in [3.05, 3.63) is 35.7 Å². The van der Waals surface area contributed by atoms with E-state index in [2.05, 4.69) is 15.0 Å². The van der Waals surface area contributed by atoms with E-state index in [0.717, 1.165) is 31.6 Å². The minimum atomic E-state index is -4.36. The molecule has 3 rings (SSSR count). The first-order chi connectivity index (χ1) is 11.3. The molecule has 1 aliphatic heterocycles. The zero-order chi connectivity index (χ0) is 17.3. The van der Waals surface area contributed by atoms with Crippen LogP contribution in [0, 0.1) is 5.92 Å². The van der Waals surface area contributed by atoms with Crippen LogP contribution in [0.15, 0.2) is 28.8 Å². The van der Waals surface area contributed by atoms with Crippen molar-refractivity contribution in [1.29, 1.82) is 0 Å². The van der Waals surface area contributed by atoms with E-state index in [9.17, 15) is 18.3 Å². The van der Waals surface area contributed by atoms with Crippen LogP contribution in [0.3, 0.4) is 0 Å². The summed E-state index contributed by atoms with van der Waals surface area (Å²) in [5.41, 5.74) is -0.238. The topological polar surface area (TPSA) is 62.4 Å². The van der Waals surface area contributed by atoms with Crippen LogP contribution in [0.1, 0.15) is 24.8 Å². The maximum atomic E-state index is 12.6. The number of hydrogen-bond donors (Lipinski definition) is 1. The van der Waals surface area contributed by atoms with E-state index < -0.39 is 11.7 Å². The number of alkyl halides is 3. The lowest BCUT2D eigenvalue weighted by atomic mass is 10.0. The first-order valence-corrected chi connectivity index (χ1v) is 7.73. The Morgan fingerprint density at radius 2 is 2.04 bits per heavy atom. The van der Waals surface area contributed by atoms with Gasteiger partial charge in [0, 0.05) is 12.1 Å². The highest BCUT2D eigenvalue weighted by Gasteiger charge is 2.30. The molecule has 0 saturated carbocycles. The van der Waals surface area contributed by atoms with Crippen LogP contribution in [0.4, 0.5) is 13.2 Å². The third-order valence-electron chi connectivity index (χ3n) is 4.29. The van der Waals surface area contributed by atoms with Gasteiger partial charge in [-0.05, 0) is 37.9 Å². The first kappa shape index (κ1) is 16.9. The fourth-order valence-electron chi connectivity index (χ4n) is 2.84. The molecule has 2 unspecified atom stereocenters. The molecule has 2 atom stereocenters. The van der Waals surface area contributed by atoms with E-state index in [4.69, 9.17) is 4.52 Å². The molecule has 24 heavy (non-hydrogen) atoms. The maximum Gasteiger partial charge on any atom is 0.416 e. The molecule has 1 aromatic heterocycles. The predicted octanol–water partition coefficient (Wildman–Crippen LogP) is 2.96. The molecule has 5 nitrogen and oxygen atoms in total. The number of rotatable bonds is 4. The van der Waals surface area contributed by atoms with Gasteiger partial charge in [0.15, 0.2) is 0 Å². The summed E-state index contributed by atoms with van der Waals surface area (Å²) < 4.78 is 42.9. The lowest BCUT2D eigenvalue weighted by Crippen LogP contribution is -2.24. The third kappa shape index (κ3) is 3.76. The Labute approximate surface area is 137 Å². The van der Waals surface area contributed by atoms with Crippen molar-refractivity contribution in [2.24, 2.45) is 5.92 Å². The van der Waals surface area contributed by atoms with Gasteiger partial charge in [-0.15, -0.1) is 0 Å². The van der Waals surface area contributed by atoms with Gasteiger partial charge in [0.1, 0.15) is 0 Å². The number of halogens is 3. The van der Waals surface area contributed by atoms with Gasteiger partial charge in [0.2, 0.25) is 11.7 Å². The van der Waals surface area contributed by atoms with Crippen molar-refractivity contribution in [2.45, 2.75) is 32.2 Å². The standard InChI is InChI=1S/C16H18F3N3O2/c1-10(23)12-6-7-22(8-12)9-14-20-15(21-24-14)11-2-4-13(5-3-11)16(17,18)19/h2-5,10,12,23H,6-9H2,1H3. The Hall–Kier alpha value is -1.93. The Morgan fingerprint density at radius 3 is 2.62 bits per heavy atom. The van der Waals surface area contributed by atoms with Crippen LogP contribution < -0.4 is 0 Å².